The molecule has 0 fully saturated rings. The maximum absolute atomic E-state index is 9.02. The first-order valence-electron chi connectivity index (χ1n) is 4.89. The van der Waals surface area contributed by atoms with E-state index in [0.717, 1.165) is 0 Å². The lowest BCUT2D eigenvalue weighted by Crippen LogP contribution is -1.94. The van der Waals surface area contributed by atoms with Gasteiger partial charge < -0.3 is 14.6 Å². The van der Waals surface area contributed by atoms with E-state index in [1.807, 2.05) is 0 Å². The van der Waals surface area contributed by atoms with Crippen molar-refractivity contribution in [1.29, 1.82) is 0 Å². The molecule has 3 nitrogen and oxygen atoms in total. The van der Waals surface area contributed by atoms with Crippen LogP contribution in [0.2, 0.25) is 0 Å². The third kappa shape index (κ3) is 2.36. The largest absolute Gasteiger partial charge is 0.493 e. The van der Waals surface area contributed by atoms with Crippen molar-refractivity contribution >= 4 is 0 Å². The zero-order valence-corrected chi connectivity index (χ0v) is 7.70. The van der Waals surface area contributed by atoms with Crippen LogP contribution in [0.1, 0.15) is 8.30 Å². The molecule has 0 heterocycles. The first-order chi connectivity index (χ1) is 6.96. The molecule has 0 spiro atoms. The number of aryl methyl sites for hydroxylation is 1. The average molecular weight is 184 g/mol. The molecular formula is C10H14O3. The Morgan fingerprint density at radius 2 is 2.00 bits per heavy atom. The van der Waals surface area contributed by atoms with E-state index in [1.165, 1.54) is 14.2 Å². The zero-order valence-electron chi connectivity index (χ0n) is 9.70. The van der Waals surface area contributed by atoms with Gasteiger partial charge in [-0.3, -0.25) is 0 Å². The van der Waals surface area contributed by atoms with E-state index in [0.29, 0.717) is 17.1 Å². The average Bonchev–Trinajstić information content (AvgIpc) is 2.15. The molecule has 0 unspecified atom stereocenters. The van der Waals surface area contributed by atoms with E-state index in [9.17, 15) is 0 Å². The molecule has 0 aliphatic carbocycles. The molecule has 1 rings (SSSR count). The number of hydrogen-bond acceptors (Lipinski definition) is 3. The molecule has 0 aliphatic rings. The maximum Gasteiger partial charge on any atom is 0.160 e. The van der Waals surface area contributed by atoms with Gasteiger partial charge in [-0.15, -0.1) is 0 Å². The van der Waals surface area contributed by atoms with Crippen molar-refractivity contribution < 1.29 is 17.3 Å². The van der Waals surface area contributed by atoms with E-state index >= 15 is 0 Å². The number of rotatable bonds is 4. The van der Waals surface area contributed by atoms with E-state index in [-0.39, 0.29) is 6.42 Å². The van der Waals surface area contributed by atoms with Crippen molar-refractivity contribution in [3.8, 4) is 11.5 Å². The zero-order chi connectivity index (χ0) is 11.5. The molecular weight excluding hydrogens is 168 g/mol. The summed E-state index contributed by atoms with van der Waals surface area (Å²) in [6.07, 6.45) is -0.0760. The summed E-state index contributed by atoms with van der Waals surface area (Å²) in [5.74, 6) is 1.11. The molecule has 0 atom stereocenters. The summed E-state index contributed by atoms with van der Waals surface area (Å²) in [4.78, 5) is 0. The quantitative estimate of drug-likeness (QED) is 0.765. The lowest BCUT2D eigenvalue weighted by Gasteiger charge is -2.08. The predicted octanol–water partition coefficient (Wildman–Crippen LogP) is 1.24. The van der Waals surface area contributed by atoms with Crippen LogP contribution in [0.25, 0.3) is 0 Å². The fourth-order valence-electron chi connectivity index (χ4n) is 1.08. The number of methoxy groups -OCH3 is 2. The molecule has 0 bridgehead atoms. The highest BCUT2D eigenvalue weighted by molar-refractivity contribution is 5.42. The standard InChI is InChI=1S/C10H14O3/c1-12-9-4-3-8(5-6-11)7-10(9)13-2/h3-4,7,11H,5-6H2,1-2H3/i6D2. The van der Waals surface area contributed by atoms with E-state index in [1.54, 1.807) is 18.2 Å². The minimum atomic E-state index is -2.21. The molecule has 0 aliphatic heterocycles. The maximum atomic E-state index is 9.02. The molecule has 0 radical (unpaired) electrons. The van der Waals surface area contributed by atoms with E-state index < -0.39 is 6.56 Å². The van der Waals surface area contributed by atoms with Crippen LogP contribution in [0.5, 0.6) is 11.5 Å². The predicted molar refractivity (Wildman–Crippen MR) is 50.3 cm³/mol. The van der Waals surface area contributed by atoms with Gasteiger partial charge in [0.2, 0.25) is 0 Å². The van der Waals surface area contributed by atoms with Crippen LogP contribution in [-0.2, 0) is 6.42 Å². The van der Waals surface area contributed by atoms with E-state index in [2.05, 4.69) is 0 Å². The molecule has 1 aromatic carbocycles. The minimum Gasteiger partial charge on any atom is -0.493 e. The smallest absolute Gasteiger partial charge is 0.160 e. The minimum absolute atomic E-state index is 0.0760. The molecule has 0 aromatic heterocycles. The van der Waals surface area contributed by atoms with Gasteiger partial charge in [0.25, 0.3) is 0 Å². The van der Waals surface area contributed by atoms with Gasteiger partial charge in [-0.25, -0.2) is 0 Å². The van der Waals surface area contributed by atoms with Crippen LogP contribution in [0.4, 0.5) is 0 Å². The highest BCUT2D eigenvalue weighted by Gasteiger charge is 2.03. The van der Waals surface area contributed by atoms with Crippen molar-refractivity contribution in [3.05, 3.63) is 23.8 Å². The SMILES string of the molecule is [2H]C([2H])(O)Cc1ccc(OC)c(OC)c1. The number of benzene rings is 1. The van der Waals surface area contributed by atoms with Gasteiger partial charge in [-0.05, 0) is 24.1 Å². The monoisotopic (exact) mass is 184 g/mol. The Hall–Kier alpha value is -1.22. The second-order valence-corrected chi connectivity index (χ2v) is 2.52. The molecule has 0 saturated heterocycles. The number of hydrogen-bond donors (Lipinski definition) is 1. The molecule has 0 amide bonds. The summed E-state index contributed by atoms with van der Waals surface area (Å²) in [7, 11) is 3.04. The fourth-order valence-corrected chi connectivity index (χ4v) is 1.08. The van der Waals surface area contributed by atoms with Crippen molar-refractivity contribution in [2.75, 3.05) is 20.8 Å². The van der Waals surface area contributed by atoms with Gasteiger partial charge in [0, 0.05) is 6.56 Å². The van der Waals surface area contributed by atoms with E-state index in [4.69, 9.17) is 17.3 Å². The highest BCUT2D eigenvalue weighted by atomic mass is 16.5. The Morgan fingerprint density at radius 1 is 1.31 bits per heavy atom. The Kier molecular flexibility index (Phi) is 2.62. The van der Waals surface area contributed by atoms with Gasteiger partial charge in [-0.2, -0.15) is 0 Å². The Morgan fingerprint density at radius 3 is 2.54 bits per heavy atom. The molecule has 1 aromatic rings. The molecule has 72 valence electrons. The van der Waals surface area contributed by atoms with Gasteiger partial charge in [0.15, 0.2) is 11.5 Å². The lowest BCUT2D eigenvalue weighted by molar-refractivity contribution is 0.299. The van der Waals surface area contributed by atoms with Crippen LogP contribution in [0.15, 0.2) is 18.2 Å². The van der Waals surface area contributed by atoms with Gasteiger partial charge in [0.1, 0.15) is 0 Å². The third-order valence-corrected chi connectivity index (χ3v) is 1.73. The molecule has 3 heteroatoms. The molecule has 0 saturated carbocycles. The summed E-state index contributed by atoms with van der Waals surface area (Å²) in [5.41, 5.74) is 0.653. The van der Waals surface area contributed by atoms with Crippen molar-refractivity contribution in [3.63, 3.8) is 0 Å². The second kappa shape index (κ2) is 4.72. The topological polar surface area (TPSA) is 38.7 Å². The normalized spacial score (nSPS) is 13.2. The van der Waals surface area contributed by atoms with Crippen LogP contribution >= 0.6 is 0 Å². The lowest BCUT2D eigenvalue weighted by atomic mass is 10.1. The highest BCUT2D eigenvalue weighted by Crippen LogP contribution is 2.27. The number of aliphatic hydroxyl groups is 1. The molecule has 13 heavy (non-hydrogen) atoms. The second-order valence-electron chi connectivity index (χ2n) is 2.52. The first kappa shape index (κ1) is 7.21. The van der Waals surface area contributed by atoms with Crippen molar-refractivity contribution in [2.45, 2.75) is 6.42 Å². The Balaban J connectivity index is 2.93. The van der Waals surface area contributed by atoms with Crippen LogP contribution in [0, 0.1) is 0 Å². The first-order valence-corrected chi connectivity index (χ1v) is 3.89. The summed E-state index contributed by atoms with van der Waals surface area (Å²) in [6, 6.07) is 5.02. The van der Waals surface area contributed by atoms with Crippen LogP contribution < -0.4 is 9.47 Å². The van der Waals surface area contributed by atoms with Gasteiger partial charge in [0.05, 0.1) is 17.0 Å². The summed E-state index contributed by atoms with van der Waals surface area (Å²) < 4.78 is 24.2. The van der Waals surface area contributed by atoms with Crippen molar-refractivity contribution in [1.82, 2.24) is 0 Å². The summed E-state index contributed by atoms with van der Waals surface area (Å²) in [5, 5.41) is 9.02. The Labute approximate surface area is 80.7 Å². The van der Waals surface area contributed by atoms with Gasteiger partial charge in [-0.1, -0.05) is 6.07 Å². The number of ether oxygens (including phenoxy) is 2. The fraction of sp³-hybridized carbons (Fsp3) is 0.400. The molecule has 1 N–H and O–H groups in total. The van der Waals surface area contributed by atoms with Gasteiger partial charge >= 0.3 is 0 Å². The summed E-state index contributed by atoms with van der Waals surface area (Å²) >= 11 is 0. The van der Waals surface area contributed by atoms with Crippen molar-refractivity contribution in [2.24, 2.45) is 0 Å². The Bertz CT molecular complexity index is 334. The summed E-state index contributed by atoms with van der Waals surface area (Å²) in [6.45, 7) is -2.21. The van der Waals surface area contributed by atoms with Crippen LogP contribution in [-0.4, -0.2) is 25.9 Å². The third-order valence-electron chi connectivity index (χ3n) is 1.73. The van der Waals surface area contributed by atoms with Crippen LogP contribution in [0.3, 0.4) is 0 Å².